The molecule has 0 amide bonds. The molecule has 0 aromatic rings. The lowest BCUT2D eigenvalue weighted by molar-refractivity contribution is 0.201. The second-order valence-electron chi connectivity index (χ2n) is 5.99. The van der Waals surface area contributed by atoms with Crippen molar-refractivity contribution in [3.8, 4) is 0 Å². The molecule has 0 saturated carbocycles. The number of hydrogen-bond donors (Lipinski definition) is 1. The Morgan fingerprint density at radius 3 is 2.50 bits per heavy atom. The lowest BCUT2D eigenvalue weighted by Crippen LogP contribution is -2.36. The molecule has 2 rings (SSSR count). The number of nitrogens with one attached hydrogen (secondary N) is 1. The zero-order valence-corrected chi connectivity index (χ0v) is 9.84. The topological polar surface area (TPSA) is 15.3 Å². The van der Waals surface area contributed by atoms with Gasteiger partial charge in [0.1, 0.15) is 0 Å². The van der Waals surface area contributed by atoms with E-state index in [-0.39, 0.29) is 0 Å². The predicted molar refractivity (Wildman–Crippen MR) is 60.4 cm³/mol. The molecule has 0 spiro atoms. The van der Waals surface area contributed by atoms with Crippen LogP contribution in [0.5, 0.6) is 0 Å². The average molecular weight is 196 g/mol. The van der Waals surface area contributed by atoms with E-state index in [9.17, 15) is 0 Å². The van der Waals surface area contributed by atoms with E-state index < -0.39 is 0 Å². The van der Waals surface area contributed by atoms with Gasteiger partial charge in [0.25, 0.3) is 0 Å². The van der Waals surface area contributed by atoms with Crippen LogP contribution in [0.4, 0.5) is 0 Å². The fourth-order valence-electron chi connectivity index (χ4n) is 2.78. The van der Waals surface area contributed by atoms with Crippen molar-refractivity contribution in [3.63, 3.8) is 0 Å². The molecule has 1 N–H and O–H groups in total. The normalized spacial score (nSPS) is 35.4. The first kappa shape index (κ1) is 10.4. The molecule has 2 aliphatic rings. The summed E-state index contributed by atoms with van der Waals surface area (Å²) in [5.41, 5.74) is 0.501. The molecule has 0 aromatic carbocycles. The van der Waals surface area contributed by atoms with Crippen molar-refractivity contribution in [1.29, 1.82) is 0 Å². The van der Waals surface area contributed by atoms with Crippen LogP contribution in [0.2, 0.25) is 0 Å². The van der Waals surface area contributed by atoms with Gasteiger partial charge in [-0.15, -0.1) is 0 Å². The molecule has 0 aromatic heterocycles. The maximum Gasteiger partial charge on any atom is 0.0232 e. The largest absolute Gasteiger partial charge is 0.315 e. The minimum Gasteiger partial charge on any atom is -0.315 e. The van der Waals surface area contributed by atoms with Crippen LogP contribution in [0, 0.1) is 11.3 Å². The molecule has 2 fully saturated rings. The van der Waals surface area contributed by atoms with Gasteiger partial charge in [-0.05, 0) is 37.3 Å². The van der Waals surface area contributed by atoms with E-state index >= 15 is 0 Å². The summed E-state index contributed by atoms with van der Waals surface area (Å²) in [4.78, 5) is 2.70. The highest BCUT2D eigenvalue weighted by atomic mass is 15.2. The third-order valence-electron chi connectivity index (χ3n) is 4.00. The van der Waals surface area contributed by atoms with Gasteiger partial charge in [-0.25, -0.2) is 0 Å². The van der Waals surface area contributed by atoms with E-state index in [2.05, 4.69) is 31.0 Å². The maximum atomic E-state index is 3.46. The smallest absolute Gasteiger partial charge is 0.0232 e. The second-order valence-corrected chi connectivity index (χ2v) is 5.99. The van der Waals surface area contributed by atoms with E-state index in [0.29, 0.717) is 5.41 Å². The first-order chi connectivity index (χ1) is 6.57. The molecule has 0 radical (unpaired) electrons. The third-order valence-corrected chi connectivity index (χ3v) is 4.00. The van der Waals surface area contributed by atoms with Crippen LogP contribution in [0.25, 0.3) is 0 Å². The molecule has 14 heavy (non-hydrogen) atoms. The monoisotopic (exact) mass is 196 g/mol. The van der Waals surface area contributed by atoms with Crippen LogP contribution >= 0.6 is 0 Å². The fourth-order valence-corrected chi connectivity index (χ4v) is 2.78. The van der Waals surface area contributed by atoms with Gasteiger partial charge < -0.3 is 5.32 Å². The zero-order valence-electron chi connectivity index (χ0n) is 9.84. The number of nitrogens with zero attached hydrogens (tertiary/aromatic N) is 1. The van der Waals surface area contributed by atoms with Crippen LogP contribution in [-0.2, 0) is 0 Å². The molecule has 2 unspecified atom stereocenters. The van der Waals surface area contributed by atoms with Crippen LogP contribution < -0.4 is 5.32 Å². The lowest BCUT2D eigenvalue weighted by atomic mass is 9.80. The van der Waals surface area contributed by atoms with Crippen LogP contribution in [0.1, 0.15) is 33.6 Å². The third kappa shape index (κ3) is 2.12. The highest BCUT2D eigenvalue weighted by Crippen LogP contribution is 2.34. The van der Waals surface area contributed by atoms with Crippen LogP contribution in [0.15, 0.2) is 0 Å². The molecule has 0 bridgehead atoms. The van der Waals surface area contributed by atoms with Crippen LogP contribution in [-0.4, -0.2) is 37.1 Å². The summed E-state index contributed by atoms with van der Waals surface area (Å²) in [6.07, 6.45) is 2.76. The molecule has 2 saturated heterocycles. The van der Waals surface area contributed by atoms with Crippen LogP contribution in [0.3, 0.4) is 0 Å². The Hall–Kier alpha value is -0.0800. The van der Waals surface area contributed by atoms with Gasteiger partial charge in [0, 0.05) is 19.1 Å². The van der Waals surface area contributed by atoms with Gasteiger partial charge in [0.05, 0.1) is 0 Å². The lowest BCUT2D eigenvalue weighted by Gasteiger charge is -2.28. The van der Waals surface area contributed by atoms with Crippen molar-refractivity contribution >= 4 is 0 Å². The molecule has 2 atom stereocenters. The van der Waals surface area contributed by atoms with E-state index in [1.54, 1.807) is 0 Å². The van der Waals surface area contributed by atoms with Gasteiger partial charge in [0.15, 0.2) is 0 Å². The summed E-state index contributed by atoms with van der Waals surface area (Å²) in [5.74, 6) is 0.906. The Bertz CT molecular complexity index is 189. The Morgan fingerprint density at radius 1 is 1.21 bits per heavy atom. The van der Waals surface area contributed by atoms with Gasteiger partial charge >= 0.3 is 0 Å². The Labute approximate surface area is 88.1 Å². The molecule has 82 valence electrons. The van der Waals surface area contributed by atoms with Crippen molar-refractivity contribution in [2.75, 3.05) is 26.2 Å². The Kier molecular flexibility index (Phi) is 2.85. The van der Waals surface area contributed by atoms with E-state index in [0.717, 1.165) is 12.0 Å². The first-order valence-electron chi connectivity index (χ1n) is 6.02. The van der Waals surface area contributed by atoms with Crippen molar-refractivity contribution in [1.82, 2.24) is 10.2 Å². The van der Waals surface area contributed by atoms with Crippen molar-refractivity contribution in [3.05, 3.63) is 0 Å². The summed E-state index contributed by atoms with van der Waals surface area (Å²) in [5, 5.41) is 3.46. The van der Waals surface area contributed by atoms with E-state index in [1.165, 1.54) is 39.0 Å². The number of likely N-dealkylation sites (tertiary alicyclic amines) is 1. The minimum atomic E-state index is 0.501. The molecular weight excluding hydrogens is 172 g/mol. The number of rotatable bonds is 1. The Morgan fingerprint density at radius 2 is 2.00 bits per heavy atom. The quantitative estimate of drug-likeness (QED) is 0.687. The van der Waals surface area contributed by atoms with Crippen molar-refractivity contribution in [2.45, 2.75) is 39.7 Å². The molecule has 2 heteroatoms. The molecular formula is C12H24N2. The molecule has 2 heterocycles. The fraction of sp³-hybridized carbons (Fsp3) is 1.00. The average Bonchev–Trinajstić information content (AvgIpc) is 2.73. The van der Waals surface area contributed by atoms with Crippen molar-refractivity contribution in [2.24, 2.45) is 11.3 Å². The standard InChI is InChI=1S/C12H24N2/c1-12(2,3)10-5-7-14(9-10)11-4-6-13-8-11/h10-11,13H,4-9H2,1-3H3. The summed E-state index contributed by atoms with van der Waals surface area (Å²) in [6.45, 7) is 12.2. The summed E-state index contributed by atoms with van der Waals surface area (Å²) < 4.78 is 0. The van der Waals surface area contributed by atoms with E-state index in [4.69, 9.17) is 0 Å². The SMILES string of the molecule is CC(C)(C)C1CCN(C2CCNC2)C1. The van der Waals surface area contributed by atoms with Gasteiger partial charge in [-0.1, -0.05) is 20.8 Å². The second kappa shape index (κ2) is 3.82. The molecule has 0 aliphatic carbocycles. The summed E-state index contributed by atoms with van der Waals surface area (Å²) in [7, 11) is 0. The van der Waals surface area contributed by atoms with Gasteiger partial charge in [0.2, 0.25) is 0 Å². The molecule has 2 nitrogen and oxygen atoms in total. The summed E-state index contributed by atoms with van der Waals surface area (Å²) in [6, 6.07) is 0.836. The number of hydrogen-bond acceptors (Lipinski definition) is 2. The van der Waals surface area contributed by atoms with Gasteiger partial charge in [-0.3, -0.25) is 4.90 Å². The zero-order chi connectivity index (χ0) is 10.2. The highest BCUT2D eigenvalue weighted by molar-refractivity contribution is 4.89. The van der Waals surface area contributed by atoms with Crippen molar-refractivity contribution < 1.29 is 0 Å². The Balaban J connectivity index is 1.88. The van der Waals surface area contributed by atoms with Gasteiger partial charge in [-0.2, -0.15) is 0 Å². The maximum absolute atomic E-state index is 3.46. The minimum absolute atomic E-state index is 0.501. The molecule has 2 aliphatic heterocycles. The predicted octanol–water partition coefficient (Wildman–Crippen LogP) is 1.72. The first-order valence-corrected chi connectivity index (χ1v) is 6.02. The summed E-state index contributed by atoms with van der Waals surface area (Å²) >= 11 is 0. The van der Waals surface area contributed by atoms with E-state index in [1.807, 2.05) is 0 Å². The highest BCUT2D eigenvalue weighted by Gasteiger charge is 2.35.